The topological polar surface area (TPSA) is 77.8 Å². The Kier molecular flexibility index (Phi) is 5.56. The maximum Gasteiger partial charge on any atom is 0.415 e. The van der Waals surface area contributed by atoms with E-state index in [4.69, 9.17) is 0 Å². The lowest BCUT2D eigenvalue weighted by atomic mass is 9.76. The molecule has 2 N–H and O–H groups in total. The summed E-state index contributed by atoms with van der Waals surface area (Å²) in [7, 11) is 0.618. The van der Waals surface area contributed by atoms with Crippen molar-refractivity contribution in [3.63, 3.8) is 0 Å². The van der Waals surface area contributed by atoms with Crippen LogP contribution in [0.1, 0.15) is 27.2 Å². The smallest absolute Gasteiger partial charge is 0.415 e. The molecule has 1 unspecified atom stereocenters. The highest BCUT2D eigenvalue weighted by atomic mass is 19.4. The van der Waals surface area contributed by atoms with Crippen molar-refractivity contribution in [3.8, 4) is 0 Å². The van der Waals surface area contributed by atoms with E-state index in [1.807, 2.05) is 0 Å². The number of hydrogen-bond acceptors (Lipinski definition) is 3. The van der Waals surface area contributed by atoms with Crippen molar-refractivity contribution in [2.75, 3.05) is 7.05 Å². The molecule has 1 rings (SSSR count). The standard InChI is InChI=1S/C15H18F5NO4/c1-6(2)5-7-8(12(22)23)10(11(16)17)21(4)14(3,15(18,19)20)9(7)13(24)25/h6,11H,5H2,1-4H3,(H,22,23)(H,24,25). The maximum atomic E-state index is 13.7. The molecule has 0 aromatic heterocycles. The molecule has 5 nitrogen and oxygen atoms in total. The number of likely N-dealkylation sites (N-methyl/N-ethyl adjacent to an activating group) is 1. The van der Waals surface area contributed by atoms with E-state index in [9.17, 15) is 41.8 Å². The normalized spacial score (nSPS) is 22.3. The Morgan fingerprint density at radius 2 is 1.64 bits per heavy atom. The van der Waals surface area contributed by atoms with Crippen LogP contribution in [0.3, 0.4) is 0 Å². The summed E-state index contributed by atoms with van der Waals surface area (Å²) in [6.45, 7) is 3.48. The van der Waals surface area contributed by atoms with Crippen molar-refractivity contribution >= 4 is 11.9 Å². The van der Waals surface area contributed by atoms with Gasteiger partial charge in [-0.15, -0.1) is 0 Å². The maximum absolute atomic E-state index is 13.7. The van der Waals surface area contributed by atoms with Crippen LogP contribution < -0.4 is 0 Å². The lowest BCUT2D eigenvalue weighted by molar-refractivity contribution is -0.210. The molecule has 0 bridgehead atoms. The highest BCUT2D eigenvalue weighted by Gasteiger charge is 2.63. The Hall–Kier alpha value is -2.13. The number of carboxylic acid groups (broad SMARTS) is 2. The highest BCUT2D eigenvalue weighted by molar-refractivity contribution is 6.00. The average molecular weight is 371 g/mol. The van der Waals surface area contributed by atoms with E-state index in [1.54, 1.807) is 0 Å². The summed E-state index contributed by atoms with van der Waals surface area (Å²) in [6.07, 6.45) is -9.17. The summed E-state index contributed by atoms with van der Waals surface area (Å²) >= 11 is 0. The van der Waals surface area contributed by atoms with Gasteiger partial charge in [0.15, 0.2) is 5.54 Å². The number of halogens is 5. The van der Waals surface area contributed by atoms with E-state index < -0.39 is 64.8 Å². The summed E-state index contributed by atoms with van der Waals surface area (Å²) < 4.78 is 68.0. The quantitative estimate of drug-likeness (QED) is 0.726. The molecule has 1 aliphatic heterocycles. The number of aliphatic carboxylic acids is 2. The SMILES string of the molecule is CC(C)CC1=C(C(=O)O)C(C)(C(F)(F)F)N(C)C(C(F)F)=C1C(=O)O. The molecule has 1 aliphatic rings. The van der Waals surface area contributed by atoms with E-state index >= 15 is 0 Å². The van der Waals surface area contributed by atoms with Gasteiger partial charge >= 0.3 is 18.1 Å². The summed E-state index contributed by atoms with van der Waals surface area (Å²) in [5, 5.41) is 18.7. The molecule has 1 heterocycles. The van der Waals surface area contributed by atoms with Gasteiger partial charge in [0, 0.05) is 7.05 Å². The molecule has 0 aromatic carbocycles. The lowest BCUT2D eigenvalue weighted by Gasteiger charge is -2.47. The third-order valence-electron chi connectivity index (χ3n) is 4.18. The zero-order valence-corrected chi connectivity index (χ0v) is 13.9. The second kappa shape index (κ2) is 6.64. The lowest BCUT2D eigenvalue weighted by Crippen LogP contribution is -2.60. The number of alkyl halides is 5. The predicted octanol–water partition coefficient (Wildman–Crippen LogP) is 3.28. The Morgan fingerprint density at radius 1 is 1.16 bits per heavy atom. The number of allylic oxidation sites excluding steroid dienone is 1. The molecule has 0 radical (unpaired) electrons. The molecule has 25 heavy (non-hydrogen) atoms. The molecule has 0 fully saturated rings. The number of carboxylic acids is 2. The van der Waals surface area contributed by atoms with Crippen molar-refractivity contribution in [3.05, 3.63) is 22.4 Å². The van der Waals surface area contributed by atoms with Crippen LogP contribution in [0.5, 0.6) is 0 Å². The molecular formula is C15H18F5NO4. The van der Waals surface area contributed by atoms with Gasteiger partial charge in [-0.25, -0.2) is 18.4 Å². The van der Waals surface area contributed by atoms with Gasteiger partial charge in [0.05, 0.1) is 16.8 Å². The van der Waals surface area contributed by atoms with Gasteiger partial charge in [-0.05, 0) is 24.8 Å². The number of hydrogen-bond donors (Lipinski definition) is 2. The molecule has 142 valence electrons. The van der Waals surface area contributed by atoms with Gasteiger partial charge in [0.1, 0.15) is 0 Å². The number of carbonyl (C=O) groups is 2. The number of rotatable bonds is 5. The van der Waals surface area contributed by atoms with Gasteiger partial charge < -0.3 is 15.1 Å². The summed E-state index contributed by atoms with van der Waals surface area (Å²) in [5.74, 6) is -4.37. The Morgan fingerprint density at radius 3 is 1.92 bits per heavy atom. The molecule has 10 heteroatoms. The third kappa shape index (κ3) is 3.34. The van der Waals surface area contributed by atoms with E-state index in [2.05, 4.69) is 0 Å². The molecule has 0 spiro atoms. The fourth-order valence-electron chi connectivity index (χ4n) is 2.93. The van der Waals surface area contributed by atoms with Gasteiger partial charge in [-0.2, -0.15) is 13.2 Å². The summed E-state index contributed by atoms with van der Waals surface area (Å²) in [4.78, 5) is 23.1. The van der Waals surface area contributed by atoms with Crippen molar-refractivity contribution in [2.45, 2.75) is 45.3 Å². The van der Waals surface area contributed by atoms with Crippen LogP contribution >= 0.6 is 0 Å². The second-order valence-corrected chi connectivity index (χ2v) is 6.25. The van der Waals surface area contributed by atoms with Crippen molar-refractivity contribution in [1.82, 2.24) is 4.90 Å². The molecule has 0 saturated carbocycles. The van der Waals surface area contributed by atoms with E-state index in [0.717, 1.165) is 0 Å². The molecule has 0 aromatic rings. The average Bonchev–Trinajstić information content (AvgIpc) is 2.38. The van der Waals surface area contributed by atoms with Crippen molar-refractivity contribution in [2.24, 2.45) is 5.92 Å². The van der Waals surface area contributed by atoms with Crippen molar-refractivity contribution in [1.29, 1.82) is 0 Å². The molecule has 1 atom stereocenters. The van der Waals surface area contributed by atoms with E-state index in [1.165, 1.54) is 13.8 Å². The largest absolute Gasteiger partial charge is 0.478 e. The fraction of sp³-hybridized carbons (Fsp3) is 0.600. The van der Waals surface area contributed by atoms with Crippen LogP contribution in [0.2, 0.25) is 0 Å². The Balaban J connectivity index is 4.06. The Labute approximate surface area is 140 Å². The Bertz CT molecular complexity index is 651. The van der Waals surface area contributed by atoms with Gasteiger partial charge in [-0.1, -0.05) is 13.8 Å². The van der Waals surface area contributed by atoms with Gasteiger partial charge in [-0.3, -0.25) is 0 Å². The molecule has 0 amide bonds. The summed E-state index contributed by atoms with van der Waals surface area (Å²) in [6, 6.07) is 0. The van der Waals surface area contributed by atoms with Crippen LogP contribution in [0.4, 0.5) is 22.0 Å². The fourth-order valence-corrected chi connectivity index (χ4v) is 2.93. The van der Waals surface area contributed by atoms with Crippen LogP contribution in [0.25, 0.3) is 0 Å². The van der Waals surface area contributed by atoms with Crippen LogP contribution in [-0.2, 0) is 9.59 Å². The molecule has 0 aliphatic carbocycles. The molecular weight excluding hydrogens is 353 g/mol. The van der Waals surface area contributed by atoms with Crippen LogP contribution in [0, 0.1) is 5.92 Å². The first-order valence-corrected chi connectivity index (χ1v) is 7.21. The third-order valence-corrected chi connectivity index (χ3v) is 4.18. The summed E-state index contributed by atoms with van der Waals surface area (Å²) in [5.41, 5.74) is -7.73. The van der Waals surface area contributed by atoms with Gasteiger partial charge in [0.25, 0.3) is 6.43 Å². The first kappa shape index (κ1) is 20.9. The molecule has 0 saturated heterocycles. The number of nitrogens with zero attached hydrogens (tertiary/aromatic N) is 1. The van der Waals surface area contributed by atoms with Crippen LogP contribution in [-0.4, -0.2) is 52.2 Å². The van der Waals surface area contributed by atoms with Crippen LogP contribution in [0.15, 0.2) is 22.4 Å². The highest BCUT2D eigenvalue weighted by Crippen LogP contribution is 2.49. The second-order valence-electron chi connectivity index (χ2n) is 6.25. The minimum absolute atomic E-state index is 0.00833. The van der Waals surface area contributed by atoms with E-state index in [0.29, 0.717) is 14.0 Å². The monoisotopic (exact) mass is 371 g/mol. The minimum atomic E-state index is -5.23. The van der Waals surface area contributed by atoms with Gasteiger partial charge in [0.2, 0.25) is 0 Å². The van der Waals surface area contributed by atoms with E-state index in [-0.39, 0.29) is 4.90 Å². The zero-order valence-electron chi connectivity index (χ0n) is 13.9. The first-order valence-electron chi connectivity index (χ1n) is 7.21. The zero-order chi connectivity index (χ0) is 19.9. The first-order chi connectivity index (χ1) is 11.2. The minimum Gasteiger partial charge on any atom is -0.478 e. The van der Waals surface area contributed by atoms with Crippen molar-refractivity contribution < 1.29 is 41.8 Å². The predicted molar refractivity (Wildman–Crippen MR) is 77.0 cm³/mol.